The van der Waals surface area contributed by atoms with Gasteiger partial charge in [0.1, 0.15) is 11.6 Å². The zero-order valence-electron chi connectivity index (χ0n) is 10.9. The number of hydrogen-bond acceptors (Lipinski definition) is 3. The fourth-order valence-corrected chi connectivity index (χ4v) is 1.57. The first-order valence-electron chi connectivity index (χ1n) is 5.72. The van der Waals surface area contributed by atoms with Crippen molar-refractivity contribution in [2.45, 2.75) is 12.8 Å². The highest BCUT2D eigenvalue weighted by molar-refractivity contribution is 5.79. The normalized spacial score (nSPS) is 10.1. The Morgan fingerprint density at radius 3 is 2.68 bits per heavy atom. The Kier molecular flexibility index (Phi) is 5.29. The minimum atomic E-state index is -0.969. The molecule has 6 heteroatoms. The molecule has 1 rings (SSSR count). The Balaban J connectivity index is 2.70. The van der Waals surface area contributed by atoms with Crippen LogP contribution in [0.3, 0.4) is 0 Å². The minimum Gasteiger partial charge on any atom is -0.496 e. The van der Waals surface area contributed by atoms with Crippen molar-refractivity contribution < 1.29 is 23.8 Å². The summed E-state index contributed by atoms with van der Waals surface area (Å²) in [4.78, 5) is 23.6. The summed E-state index contributed by atoms with van der Waals surface area (Å²) in [6.45, 7) is 0.117. The van der Waals surface area contributed by atoms with Crippen molar-refractivity contribution in [2.24, 2.45) is 0 Å². The van der Waals surface area contributed by atoms with E-state index >= 15 is 0 Å². The molecule has 0 heterocycles. The lowest BCUT2D eigenvalue weighted by Gasteiger charge is -2.17. The molecule has 1 aromatic rings. The quantitative estimate of drug-likeness (QED) is 0.845. The van der Waals surface area contributed by atoms with Crippen LogP contribution in [0.1, 0.15) is 12.0 Å². The van der Waals surface area contributed by atoms with Crippen molar-refractivity contribution in [1.29, 1.82) is 0 Å². The number of ether oxygens (including phenoxy) is 1. The lowest BCUT2D eigenvalue weighted by molar-refractivity contribution is -0.138. The summed E-state index contributed by atoms with van der Waals surface area (Å²) in [5.41, 5.74) is 0.440. The molecule has 0 saturated heterocycles. The summed E-state index contributed by atoms with van der Waals surface area (Å²) in [5.74, 6) is -1.27. The van der Waals surface area contributed by atoms with E-state index in [1.165, 1.54) is 37.3 Å². The molecule has 0 unspecified atom stereocenters. The van der Waals surface area contributed by atoms with Crippen LogP contribution in [0.25, 0.3) is 0 Å². The maximum absolute atomic E-state index is 13.1. The molecule has 0 spiro atoms. The predicted octanol–water partition coefficient (Wildman–Crippen LogP) is 1.31. The van der Waals surface area contributed by atoms with Gasteiger partial charge in [-0.1, -0.05) is 0 Å². The Bertz CT molecular complexity index is 476. The molecule has 104 valence electrons. The minimum absolute atomic E-state index is 0.0307. The number of carboxylic acids is 1. The zero-order valence-corrected chi connectivity index (χ0v) is 10.9. The summed E-state index contributed by atoms with van der Waals surface area (Å²) < 4.78 is 18.2. The maximum Gasteiger partial charge on any atom is 0.305 e. The number of aliphatic carboxylic acids is 1. The number of amides is 1. The standard InChI is InChI=1S/C13H16FNO4/c1-15(6-5-13(17)18)12(16)8-9-7-10(14)3-4-11(9)19-2/h3-4,7H,5-6,8H2,1-2H3,(H,17,18). The SMILES string of the molecule is COc1ccc(F)cc1CC(=O)N(C)CCC(=O)O. The van der Waals surface area contributed by atoms with Crippen LogP contribution < -0.4 is 4.74 Å². The van der Waals surface area contributed by atoms with Crippen LogP contribution in [0, 0.1) is 5.82 Å². The molecule has 5 nitrogen and oxygen atoms in total. The van der Waals surface area contributed by atoms with Crippen molar-refractivity contribution in [3.8, 4) is 5.75 Å². The van der Waals surface area contributed by atoms with E-state index in [1.807, 2.05) is 0 Å². The fourth-order valence-electron chi connectivity index (χ4n) is 1.57. The Morgan fingerprint density at radius 1 is 1.42 bits per heavy atom. The van der Waals surface area contributed by atoms with Crippen molar-refractivity contribution >= 4 is 11.9 Å². The topological polar surface area (TPSA) is 66.8 Å². The molecule has 0 bridgehead atoms. The van der Waals surface area contributed by atoms with Gasteiger partial charge in [0.15, 0.2) is 0 Å². The number of carboxylic acid groups (broad SMARTS) is 1. The average molecular weight is 269 g/mol. The third-order valence-electron chi connectivity index (χ3n) is 2.67. The molecule has 0 aliphatic rings. The van der Waals surface area contributed by atoms with E-state index in [9.17, 15) is 14.0 Å². The van der Waals surface area contributed by atoms with Gasteiger partial charge >= 0.3 is 5.97 Å². The van der Waals surface area contributed by atoms with Gasteiger partial charge in [-0.15, -0.1) is 0 Å². The Labute approximate surface area is 110 Å². The molecular formula is C13H16FNO4. The van der Waals surface area contributed by atoms with Gasteiger partial charge in [0.05, 0.1) is 20.0 Å². The van der Waals surface area contributed by atoms with Gasteiger partial charge in [-0.2, -0.15) is 0 Å². The number of carbonyl (C=O) groups excluding carboxylic acids is 1. The third kappa shape index (κ3) is 4.57. The van der Waals surface area contributed by atoms with Crippen LogP contribution in [0.15, 0.2) is 18.2 Å². The van der Waals surface area contributed by atoms with Crippen molar-refractivity contribution in [2.75, 3.05) is 20.7 Å². The van der Waals surface area contributed by atoms with E-state index in [4.69, 9.17) is 9.84 Å². The number of rotatable bonds is 6. The second-order valence-corrected chi connectivity index (χ2v) is 4.09. The van der Waals surface area contributed by atoms with Crippen molar-refractivity contribution in [3.05, 3.63) is 29.6 Å². The van der Waals surface area contributed by atoms with Gasteiger partial charge in [-0.3, -0.25) is 9.59 Å². The molecule has 19 heavy (non-hydrogen) atoms. The number of nitrogens with zero attached hydrogens (tertiary/aromatic N) is 1. The predicted molar refractivity (Wildman–Crippen MR) is 66.5 cm³/mol. The lowest BCUT2D eigenvalue weighted by Crippen LogP contribution is -2.30. The van der Waals surface area contributed by atoms with Gasteiger partial charge in [0, 0.05) is 19.2 Å². The van der Waals surface area contributed by atoms with Gasteiger partial charge in [-0.05, 0) is 18.2 Å². The second kappa shape index (κ2) is 6.72. The molecule has 0 fully saturated rings. The van der Waals surface area contributed by atoms with Gasteiger partial charge in [0.2, 0.25) is 5.91 Å². The molecular weight excluding hydrogens is 253 g/mol. The molecule has 0 aliphatic carbocycles. The first-order valence-corrected chi connectivity index (χ1v) is 5.72. The van der Waals surface area contributed by atoms with E-state index < -0.39 is 11.8 Å². The molecule has 0 aromatic heterocycles. The Hall–Kier alpha value is -2.11. The summed E-state index contributed by atoms with van der Waals surface area (Å²) in [7, 11) is 2.95. The largest absolute Gasteiger partial charge is 0.496 e. The van der Waals surface area contributed by atoms with E-state index in [0.29, 0.717) is 11.3 Å². The highest BCUT2D eigenvalue weighted by Gasteiger charge is 2.14. The number of likely N-dealkylation sites (N-methyl/N-ethyl adjacent to an activating group) is 1. The maximum atomic E-state index is 13.1. The summed E-state index contributed by atoms with van der Waals surface area (Å²) >= 11 is 0. The molecule has 0 atom stereocenters. The van der Waals surface area contributed by atoms with Crippen LogP contribution in [-0.2, 0) is 16.0 Å². The molecule has 0 radical (unpaired) electrons. The molecule has 1 aromatic carbocycles. The average Bonchev–Trinajstić information content (AvgIpc) is 2.36. The summed E-state index contributed by atoms with van der Waals surface area (Å²) in [6.07, 6.45) is -0.153. The van der Waals surface area contributed by atoms with Crippen LogP contribution in [0.5, 0.6) is 5.75 Å². The van der Waals surface area contributed by atoms with Crippen molar-refractivity contribution in [1.82, 2.24) is 4.90 Å². The Morgan fingerprint density at radius 2 is 2.11 bits per heavy atom. The van der Waals surface area contributed by atoms with E-state index in [-0.39, 0.29) is 25.3 Å². The number of halogens is 1. The number of methoxy groups -OCH3 is 1. The van der Waals surface area contributed by atoms with Crippen molar-refractivity contribution in [3.63, 3.8) is 0 Å². The number of benzene rings is 1. The molecule has 0 saturated carbocycles. The van der Waals surface area contributed by atoms with Crippen LogP contribution >= 0.6 is 0 Å². The van der Waals surface area contributed by atoms with Crippen LogP contribution in [0.2, 0.25) is 0 Å². The van der Waals surface area contributed by atoms with Crippen LogP contribution in [-0.4, -0.2) is 42.6 Å². The zero-order chi connectivity index (χ0) is 14.4. The van der Waals surface area contributed by atoms with E-state index in [2.05, 4.69) is 0 Å². The van der Waals surface area contributed by atoms with Gasteiger partial charge in [0.25, 0.3) is 0 Å². The molecule has 1 amide bonds. The van der Waals surface area contributed by atoms with E-state index in [0.717, 1.165) is 0 Å². The monoisotopic (exact) mass is 269 g/mol. The summed E-state index contributed by atoms with van der Waals surface area (Å²) in [6, 6.07) is 3.94. The van der Waals surface area contributed by atoms with Crippen LogP contribution in [0.4, 0.5) is 4.39 Å². The first kappa shape index (κ1) is 14.9. The second-order valence-electron chi connectivity index (χ2n) is 4.09. The fraction of sp³-hybridized carbons (Fsp3) is 0.385. The highest BCUT2D eigenvalue weighted by Crippen LogP contribution is 2.20. The molecule has 0 aliphatic heterocycles. The smallest absolute Gasteiger partial charge is 0.305 e. The molecule has 1 N–H and O–H groups in total. The highest BCUT2D eigenvalue weighted by atomic mass is 19.1. The third-order valence-corrected chi connectivity index (χ3v) is 2.67. The summed E-state index contributed by atoms with van der Waals surface area (Å²) in [5, 5.41) is 8.54. The number of carbonyl (C=O) groups is 2. The lowest BCUT2D eigenvalue weighted by atomic mass is 10.1. The van der Waals surface area contributed by atoms with Gasteiger partial charge in [-0.25, -0.2) is 4.39 Å². The first-order chi connectivity index (χ1) is 8.93. The van der Waals surface area contributed by atoms with E-state index in [1.54, 1.807) is 0 Å². The van der Waals surface area contributed by atoms with Gasteiger partial charge < -0.3 is 14.7 Å². The number of hydrogen-bond donors (Lipinski definition) is 1.